The molecule has 0 N–H and O–H groups in total. The third kappa shape index (κ3) is 54.0. The van der Waals surface area contributed by atoms with Gasteiger partial charge in [-0.3, -0.25) is 14.6 Å². The van der Waals surface area contributed by atoms with Gasteiger partial charge in [-0.15, -0.1) is 11.3 Å². The maximum atomic E-state index is 3.83. The normalized spacial score (nSPS) is 6.57. The fraction of sp³-hybridized carbons (Fsp3) is 0.483. The van der Waals surface area contributed by atoms with Crippen LogP contribution in [-0.4, -0.2) is 24.3 Å². The molecule has 0 fully saturated rings. The van der Waals surface area contributed by atoms with Crippen LogP contribution >= 0.6 is 11.3 Å². The maximum absolute atomic E-state index is 3.83. The molecule has 4 aromatic rings. The second kappa shape index (κ2) is 57.8. The highest BCUT2D eigenvalue weighted by atomic mass is 32.1. The number of nitrogens with zero attached hydrogens (tertiary/aromatic N) is 5. The molecule has 0 amide bonds. The van der Waals surface area contributed by atoms with Crippen LogP contribution in [0.4, 0.5) is 0 Å². The number of aryl methyl sites for hydroxylation is 2. The van der Waals surface area contributed by atoms with Gasteiger partial charge in [0.05, 0.1) is 5.51 Å². The van der Waals surface area contributed by atoms with Crippen molar-refractivity contribution in [1.29, 1.82) is 0 Å². The van der Waals surface area contributed by atoms with Gasteiger partial charge in [-0.2, -0.15) is 5.10 Å². The maximum Gasteiger partial charge on any atom is 0.0791 e. The van der Waals surface area contributed by atoms with Gasteiger partial charge < -0.3 is 4.57 Å². The Kier molecular flexibility index (Phi) is 75.5. The molecule has 0 aliphatic rings. The number of hydrogen-bond donors (Lipinski definition) is 0. The van der Waals surface area contributed by atoms with E-state index in [-0.39, 0.29) is 0 Å². The number of aromatic nitrogens is 5. The number of thiazole rings is 1. The Balaban J connectivity index is -0.0000000703. The Morgan fingerprint density at radius 1 is 0.486 bits per heavy atom. The highest BCUT2D eigenvalue weighted by molar-refractivity contribution is 7.07. The lowest BCUT2D eigenvalue weighted by Crippen LogP contribution is -1.83. The van der Waals surface area contributed by atoms with Crippen molar-refractivity contribution < 1.29 is 0 Å². The predicted molar refractivity (Wildman–Crippen MR) is 163 cm³/mol. The summed E-state index contributed by atoms with van der Waals surface area (Å²) >= 11 is 1.60. The van der Waals surface area contributed by atoms with Gasteiger partial charge in [-0.1, -0.05) is 89.2 Å². The summed E-state index contributed by atoms with van der Waals surface area (Å²) < 4.78 is 3.75. The molecular weight excluding hydrogens is 450 g/mol. The van der Waals surface area contributed by atoms with E-state index in [1.54, 1.807) is 46.3 Å². The fourth-order valence-corrected chi connectivity index (χ4v) is 1.61. The van der Waals surface area contributed by atoms with Crippen molar-refractivity contribution >= 4 is 11.3 Å². The zero-order chi connectivity index (χ0) is 28.6. The minimum Gasteiger partial charge on any atom is -0.357 e. The summed E-state index contributed by atoms with van der Waals surface area (Å²) in [5.74, 6) is 0. The third-order valence-electron chi connectivity index (χ3n) is 2.30. The van der Waals surface area contributed by atoms with Crippen molar-refractivity contribution in [1.82, 2.24) is 24.3 Å². The third-order valence-corrected chi connectivity index (χ3v) is 2.83. The molecule has 0 bridgehead atoms. The second-order valence-electron chi connectivity index (χ2n) is 4.23. The van der Waals surface area contributed by atoms with E-state index in [9.17, 15) is 0 Å². The average molecular weight is 508 g/mol. The molecule has 0 radical (unpaired) electrons. The van der Waals surface area contributed by atoms with Crippen LogP contribution in [0.2, 0.25) is 0 Å². The fourth-order valence-electron chi connectivity index (χ4n) is 1.25. The van der Waals surface area contributed by atoms with Crippen molar-refractivity contribution in [2.45, 2.75) is 83.1 Å². The minimum atomic E-state index is 1.60. The van der Waals surface area contributed by atoms with Crippen molar-refractivity contribution in [3.63, 3.8) is 0 Å². The lowest BCUT2D eigenvalue weighted by molar-refractivity contribution is 0.768. The van der Waals surface area contributed by atoms with Crippen LogP contribution < -0.4 is 0 Å². The highest BCUT2D eigenvalue weighted by Crippen LogP contribution is 1.86. The summed E-state index contributed by atoms with van der Waals surface area (Å²) in [5.41, 5.74) is 1.79. The Morgan fingerprint density at radius 2 is 0.971 bits per heavy atom. The Morgan fingerprint density at radius 3 is 1.09 bits per heavy atom. The van der Waals surface area contributed by atoms with E-state index in [1.807, 2.05) is 162 Å². The van der Waals surface area contributed by atoms with Gasteiger partial charge in [0.25, 0.3) is 0 Å². The van der Waals surface area contributed by atoms with Gasteiger partial charge in [0.1, 0.15) is 0 Å². The first-order chi connectivity index (χ1) is 17.3. The molecule has 0 saturated carbocycles. The molecule has 0 atom stereocenters. The smallest absolute Gasteiger partial charge is 0.0791 e. The lowest BCUT2D eigenvalue weighted by Gasteiger charge is -1.79. The number of hydrogen-bond acceptors (Lipinski definition) is 4. The average Bonchev–Trinajstić information content (AvgIpc) is 3.80. The summed E-state index contributed by atoms with van der Waals surface area (Å²) in [7, 11) is 3.89. The summed E-state index contributed by atoms with van der Waals surface area (Å²) in [6.07, 6.45) is 12.9. The molecule has 204 valence electrons. The van der Waals surface area contributed by atoms with E-state index < -0.39 is 0 Å². The first kappa shape index (κ1) is 45.7. The van der Waals surface area contributed by atoms with Gasteiger partial charge in [-0.25, -0.2) is 0 Å². The van der Waals surface area contributed by atoms with Crippen molar-refractivity contribution in [2.75, 3.05) is 0 Å². The van der Waals surface area contributed by atoms with Crippen molar-refractivity contribution in [3.05, 3.63) is 90.7 Å². The van der Waals surface area contributed by atoms with E-state index in [2.05, 4.69) is 15.1 Å². The number of pyridine rings is 1. The van der Waals surface area contributed by atoms with E-state index in [0.717, 1.165) is 0 Å². The first-order valence-electron chi connectivity index (χ1n) is 13.0. The summed E-state index contributed by atoms with van der Waals surface area (Å²) in [4.78, 5) is 7.53. The van der Waals surface area contributed by atoms with Crippen LogP contribution in [0.15, 0.2) is 90.7 Å². The van der Waals surface area contributed by atoms with Crippen LogP contribution in [0.25, 0.3) is 0 Å². The number of rotatable bonds is 0. The molecule has 5 nitrogen and oxygen atoms in total. The van der Waals surface area contributed by atoms with Gasteiger partial charge in [0, 0.05) is 62.9 Å². The quantitative estimate of drug-likeness (QED) is 0.238. The molecular formula is C29H57N5S. The monoisotopic (exact) mass is 507 g/mol. The predicted octanol–water partition coefficient (Wildman–Crippen LogP) is 9.83. The zero-order valence-corrected chi connectivity index (χ0v) is 26.1. The molecule has 0 aliphatic carbocycles. The summed E-state index contributed by atoms with van der Waals surface area (Å²) in [6.45, 7) is 24.0. The SMILES string of the molecule is CC.CC.CC.CC.CC.CC.Cn1cccc1.Cn1cccn1.c1ccncc1.c1cscn1. The molecule has 4 aromatic heterocycles. The van der Waals surface area contributed by atoms with E-state index in [4.69, 9.17) is 0 Å². The zero-order valence-electron chi connectivity index (χ0n) is 25.3. The molecule has 35 heavy (non-hydrogen) atoms. The molecule has 0 spiro atoms. The summed E-state index contributed by atoms with van der Waals surface area (Å²) in [6, 6.07) is 11.6. The lowest BCUT2D eigenvalue weighted by atomic mass is 10.5. The summed E-state index contributed by atoms with van der Waals surface area (Å²) in [5, 5.41) is 5.76. The molecule has 6 heteroatoms. The Labute approximate surface area is 223 Å². The molecule has 0 aromatic carbocycles. The van der Waals surface area contributed by atoms with Crippen LogP contribution in [0, 0.1) is 0 Å². The molecule has 4 heterocycles. The van der Waals surface area contributed by atoms with Crippen LogP contribution in [0.1, 0.15) is 83.1 Å². The first-order valence-corrected chi connectivity index (χ1v) is 13.9. The van der Waals surface area contributed by atoms with E-state index in [1.165, 1.54) is 0 Å². The van der Waals surface area contributed by atoms with Crippen LogP contribution in [0.3, 0.4) is 0 Å². The van der Waals surface area contributed by atoms with Gasteiger partial charge >= 0.3 is 0 Å². The molecule has 4 rings (SSSR count). The van der Waals surface area contributed by atoms with Crippen LogP contribution in [0.5, 0.6) is 0 Å². The second-order valence-corrected chi connectivity index (χ2v) is 4.98. The standard InChI is InChI=1S/C5H7N.C5H5N.C4H6N2.C3H3NS.6C2H6/c1-6-4-2-3-5-6;1-2-4-6-5-3-1;1-6-4-2-3-5-6;1-2-5-3-4-1;6*1-2/h2-5H,1H3;1-5H;2-4H,1H3;1-3H;6*1-2H3. The van der Waals surface area contributed by atoms with Crippen molar-refractivity contribution in [2.24, 2.45) is 14.1 Å². The van der Waals surface area contributed by atoms with Crippen molar-refractivity contribution in [3.8, 4) is 0 Å². The van der Waals surface area contributed by atoms with Gasteiger partial charge in [0.2, 0.25) is 0 Å². The minimum absolute atomic E-state index is 1.60. The molecule has 0 unspecified atom stereocenters. The van der Waals surface area contributed by atoms with Gasteiger partial charge in [0.15, 0.2) is 0 Å². The van der Waals surface area contributed by atoms with E-state index in [0.29, 0.717) is 0 Å². The topological polar surface area (TPSA) is 48.5 Å². The molecule has 0 saturated heterocycles. The van der Waals surface area contributed by atoms with E-state index >= 15 is 0 Å². The highest BCUT2D eigenvalue weighted by Gasteiger charge is 1.69. The molecule has 0 aliphatic heterocycles. The Bertz CT molecular complexity index is 574. The Hall–Kier alpha value is -2.73. The largest absolute Gasteiger partial charge is 0.357 e. The van der Waals surface area contributed by atoms with Crippen LogP contribution in [-0.2, 0) is 14.1 Å². The van der Waals surface area contributed by atoms with Gasteiger partial charge in [-0.05, 0) is 30.3 Å².